The fraction of sp³-hybridized carbons (Fsp3) is 0.942. The van der Waals surface area contributed by atoms with Crippen LogP contribution in [0.15, 0.2) is 0 Å². The lowest BCUT2D eigenvalue weighted by molar-refractivity contribution is -0.203. The Kier molecular flexibility index (Phi) is 10.7. The van der Waals surface area contributed by atoms with Crippen molar-refractivity contribution in [2.24, 2.45) is 105 Å². The van der Waals surface area contributed by atoms with Crippen molar-refractivity contribution in [1.29, 1.82) is 0 Å². The molecule has 5 N–H and O–H groups in total. The van der Waals surface area contributed by atoms with Crippen LogP contribution in [0.1, 0.15) is 195 Å². The molecular formula is C52H86O8. The first-order valence-corrected chi connectivity index (χ1v) is 24.3. The third-order valence-electron chi connectivity index (χ3n) is 20.3. The largest absolute Gasteiger partial charge is 0.481 e. The first kappa shape index (κ1) is 36.8. The molecule has 0 heterocycles. The van der Waals surface area contributed by atoms with Gasteiger partial charge in [-0.1, -0.05) is 68.2 Å². The number of carbonyl (C=O) groups excluding carboxylic acids is 1. The molecule has 0 spiro atoms. The van der Waals surface area contributed by atoms with Gasteiger partial charge in [0.15, 0.2) is 0 Å². The van der Waals surface area contributed by atoms with Gasteiger partial charge in [0.05, 0.1) is 18.3 Å². The summed E-state index contributed by atoms with van der Waals surface area (Å²) in [6.07, 6.45) is -1.27. The number of rotatable bonds is 10. The van der Waals surface area contributed by atoms with Crippen molar-refractivity contribution < 1.29 is 50.9 Å². The van der Waals surface area contributed by atoms with Crippen LogP contribution in [-0.4, -0.2) is 61.6 Å². The van der Waals surface area contributed by atoms with Crippen LogP contribution >= 0.6 is 0 Å². The number of carbonyl (C=O) groups is 3. The number of carboxylic acids is 2. The van der Waals surface area contributed by atoms with Gasteiger partial charge in [-0.15, -0.1) is 0 Å². The van der Waals surface area contributed by atoms with Crippen molar-refractivity contribution in [3.63, 3.8) is 0 Å². The lowest BCUT2D eigenvalue weighted by atomic mass is 9.41. The number of hydrogen-bond donors (Lipinski definition) is 5. The van der Waals surface area contributed by atoms with Gasteiger partial charge in [0.2, 0.25) is 0 Å². The summed E-state index contributed by atoms with van der Waals surface area (Å²) in [4.78, 5) is 35.2. The smallest absolute Gasteiger partial charge is 0.303 e. The molecule has 0 aromatic carbocycles. The SMILES string of the molecule is [2H]C1([2H])C[C@]2(C)C3CC[C@@]4(C)C(CC[C@@H]4[C@H](C)CCC(=O)O)C3[C@H](O)[C@H](CC)[C@@H]2C([2H])([2H])C1=O.[2H]C1([2H])C[C@]2(C)C3CC[C@@]4(C)C(CC[C@@H]4[C@H](C)CCC(=O)O)C3[C@H](O)[C@H](CC)[C@@H]2C([2H])([2H])[C@@H]1O. The van der Waals surface area contributed by atoms with E-state index in [9.17, 15) is 39.9 Å². The summed E-state index contributed by atoms with van der Waals surface area (Å²) >= 11 is 0. The van der Waals surface area contributed by atoms with Crippen LogP contribution < -0.4 is 0 Å². The first-order chi connectivity index (χ1) is 31.2. The number of aliphatic hydroxyl groups excluding tert-OH is 3. The number of ketones is 1. The van der Waals surface area contributed by atoms with E-state index in [0.717, 1.165) is 51.4 Å². The lowest BCUT2D eigenvalue weighted by Gasteiger charge is -2.64. The summed E-state index contributed by atoms with van der Waals surface area (Å²) in [6.45, 7) is 16.9. The van der Waals surface area contributed by atoms with Crippen molar-refractivity contribution in [2.45, 2.75) is 202 Å². The van der Waals surface area contributed by atoms with Gasteiger partial charge in [-0.05, 0) is 194 Å². The van der Waals surface area contributed by atoms with Gasteiger partial charge in [-0.2, -0.15) is 0 Å². The summed E-state index contributed by atoms with van der Waals surface area (Å²) in [7, 11) is 0. The minimum absolute atomic E-state index is 0.00771. The molecule has 8 nitrogen and oxygen atoms in total. The molecule has 8 saturated carbocycles. The summed E-state index contributed by atoms with van der Waals surface area (Å²) in [5.74, 6) is -2.63. The van der Waals surface area contributed by atoms with Gasteiger partial charge in [-0.3, -0.25) is 14.4 Å². The summed E-state index contributed by atoms with van der Waals surface area (Å²) < 4.78 is 69.1. The molecule has 0 saturated heterocycles. The second-order valence-electron chi connectivity index (χ2n) is 22.7. The summed E-state index contributed by atoms with van der Waals surface area (Å²) in [6, 6.07) is 0. The predicted octanol–water partition coefficient (Wildman–Crippen LogP) is 10.4. The molecule has 0 aromatic rings. The average Bonchev–Trinajstić information content (AvgIpc) is 3.78. The van der Waals surface area contributed by atoms with Gasteiger partial charge in [-0.25, -0.2) is 0 Å². The predicted molar refractivity (Wildman–Crippen MR) is 235 cm³/mol. The van der Waals surface area contributed by atoms with Crippen LogP contribution in [0.25, 0.3) is 0 Å². The van der Waals surface area contributed by atoms with Crippen molar-refractivity contribution >= 4 is 17.7 Å². The first-order valence-electron chi connectivity index (χ1n) is 28.3. The van der Waals surface area contributed by atoms with E-state index in [1.165, 1.54) is 0 Å². The maximum Gasteiger partial charge on any atom is 0.303 e. The van der Waals surface area contributed by atoms with E-state index in [1.807, 2.05) is 27.7 Å². The molecule has 0 radical (unpaired) electrons. The van der Waals surface area contributed by atoms with Crippen LogP contribution in [0.5, 0.6) is 0 Å². The number of aliphatic hydroxyl groups is 3. The van der Waals surface area contributed by atoms with E-state index in [0.29, 0.717) is 43.4 Å². The average molecular weight is 847 g/mol. The van der Waals surface area contributed by atoms with E-state index >= 15 is 0 Å². The van der Waals surface area contributed by atoms with Crippen LogP contribution in [-0.2, 0) is 14.4 Å². The molecule has 0 aliphatic heterocycles. The Morgan fingerprint density at radius 1 is 0.633 bits per heavy atom. The molecular weight excluding hydrogens is 753 g/mol. The molecule has 60 heavy (non-hydrogen) atoms. The zero-order valence-corrected chi connectivity index (χ0v) is 38.1. The fourth-order valence-electron chi connectivity index (χ4n) is 17.4. The van der Waals surface area contributed by atoms with Gasteiger partial charge in [0.1, 0.15) is 5.78 Å². The third kappa shape index (κ3) is 7.68. The Labute approximate surface area is 374 Å². The summed E-state index contributed by atoms with van der Waals surface area (Å²) in [5.41, 5.74) is -1.33. The number of Topliss-reactive ketones (excluding diaryl/α,β-unsaturated/α-hetero) is 1. The molecule has 8 fully saturated rings. The summed E-state index contributed by atoms with van der Waals surface area (Å²) in [5, 5.41) is 52.7. The van der Waals surface area contributed by atoms with Crippen LogP contribution in [0, 0.1) is 105 Å². The van der Waals surface area contributed by atoms with Crippen LogP contribution in [0.3, 0.4) is 0 Å². The lowest BCUT2D eigenvalue weighted by Crippen LogP contribution is -2.62. The molecule has 0 amide bonds. The molecule has 21 atom stereocenters. The zero-order valence-electron chi connectivity index (χ0n) is 46.1. The van der Waals surface area contributed by atoms with Gasteiger partial charge in [0.25, 0.3) is 0 Å². The monoisotopic (exact) mass is 847 g/mol. The topological polar surface area (TPSA) is 152 Å². The fourth-order valence-corrected chi connectivity index (χ4v) is 17.4. The van der Waals surface area contributed by atoms with Crippen LogP contribution in [0.2, 0.25) is 0 Å². The number of hydrogen-bond acceptors (Lipinski definition) is 6. The molecule has 342 valence electrons. The molecule has 0 aromatic heterocycles. The number of aliphatic carboxylic acids is 2. The molecule has 8 rings (SSSR count). The van der Waals surface area contributed by atoms with E-state index in [2.05, 4.69) is 27.7 Å². The minimum Gasteiger partial charge on any atom is -0.481 e. The Balaban J connectivity index is 0.000000201. The highest BCUT2D eigenvalue weighted by Crippen LogP contribution is 2.71. The molecule has 0 bridgehead atoms. The highest BCUT2D eigenvalue weighted by Gasteiger charge is 2.66. The van der Waals surface area contributed by atoms with E-state index in [-0.39, 0.29) is 89.8 Å². The highest BCUT2D eigenvalue weighted by atomic mass is 16.4. The maximum absolute atomic E-state index is 12.9. The Bertz CT molecular complexity index is 1920. The van der Waals surface area contributed by atoms with Crippen molar-refractivity contribution in [2.75, 3.05) is 0 Å². The van der Waals surface area contributed by atoms with E-state index < -0.39 is 84.2 Å². The van der Waals surface area contributed by atoms with Crippen LogP contribution in [0.4, 0.5) is 0 Å². The molecule has 8 aliphatic carbocycles. The molecule has 8 aliphatic rings. The second kappa shape index (κ2) is 17.5. The van der Waals surface area contributed by atoms with Crippen molar-refractivity contribution in [1.82, 2.24) is 0 Å². The van der Waals surface area contributed by atoms with Gasteiger partial charge < -0.3 is 25.5 Å². The van der Waals surface area contributed by atoms with Gasteiger partial charge >= 0.3 is 11.9 Å². The molecule has 6 unspecified atom stereocenters. The highest BCUT2D eigenvalue weighted by molar-refractivity contribution is 5.79. The third-order valence-corrected chi connectivity index (χ3v) is 20.3. The Hall–Kier alpha value is -1.51. The van der Waals surface area contributed by atoms with E-state index in [4.69, 9.17) is 11.0 Å². The zero-order chi connectivity index (χ0) is 50.9. The molecule has 8 heteroatoms. The van der Waals surface area contributed by atoms with Gasteiger partial charge in [0, 0.05) is 36.6 Å². The normalized spacial score (nSPS) is 55.6. The van der Waals surface area contributed by atoms with E-state index in [1.54, 1.807) is 0 Å². The van der Waals surface area contributed by atoms with Crippen molar-refractivity contribution in [3.8, 4) is 0 Å². The minimum atomic E-state index is -2.30. The number of fused-ring (bicyclic) bond motifs is 10. The quantitative estimate of drug-likeness (QED) is 0.146. The standard InChI is InChI=1S/C26H44O4.C26H42O4/c2*1-5-17-21-14-16(27)10-12-26(21,4)20-11-13-25(3)18(15(2)6-9-22(28)29)7-8-19(25)23(20)24(17)30/h15-21,23-24,27,30H,5-14H2,1-4H3,(H,28,29);15,17-21,23-24,30H,5-14H2,1-4H3,(H,28,29)/t15-,16-,17-,18-,19?,20?,21+,23?,24-,25-,26-;15-,17-,18-,19?,20?,21+,23?,24-,25-,26-/m11/s1/i2*10D2,14D2. The van der Waals surface area contributed by atoms with Crippen molar-refractivity contribution in [3.05, 3.63) is 0 Å². The number of carboxylic acid groups (broad SMARTS) is 2. The Morgan fingerprint density at radius 2 is 1.07 bits per heavy atom. The Morgan fingerprint density at radius 3 is 1.52 bits per heavy atom. The second-order valence-corrected chi connectivity index (χ2v) is 22.7. The maximum atomic E-state index is 12.9.